The second kappa shape index (κ2) is 53.8. The zero-order chi connectivity index (χ0) is 52.9. The predicted octanol–water partition coefficient (Wildman–Crippen LogP) is 16.3. The molecule has 0 saturated carbocycles. The van der Waals surface area contributed by atoms with E-state index in [2.05, 4.69) is 43.5 Å². The first kappa shape index (κ1) is 69.4. The number of carbonyl (C=O) groups excluding carboxylic acids is 1. The second-order valence-electron chi connectivity index (χ2n) is 22.2. The normalized spacial score (nSPS) is 19.2. The van der Waals surface area contributed by atoms with Crippen molar-refractivity contribution in [3.05, 3.63) is 36.5 Å². The number of aliphatic hydroxyl groups is 5. The molecule has 1 saturated heterocycles. The molecule has 0 bridgehead atoms. The van der Waals surface area contributed by atoms with Gasteiger partial charge < -0.3 is 40.3 Å². The van der Waals surface area contributed by atoms with Gasteiger partial charge in [0.25, 0.3) is 0 Å². The van der Waals surface area contributed by atoms with E-state index in [-0.39, 0.29) is 12.5 Å². The Labute approximate surface area is 451 Å². The summed E-state index contributed by atoms with van der Waals surface area (Å²) in [6.45, 7) is 3.81. The van der Waals surface area contributed by atoms with Crippen LogP contribution in [0.15, 0.2) is 36.5 Å². The van der Waals surface area contributed by atoms with Crippen molar-refractivity contribution in [3.63, 3.8) is 0 Å². The Balaban J connectivity index is 2.12. The molecule has 9 nitrogen and oxygen atoms in total. The van der Waals surface area contributed by atoms with Crippen LogP contribution in [0.25, 0.3) is 0 Å². The summed E-state index contributed by atoms with van der Waals surface area (Å²) in [6, 6.07) is -0.804. The smallest absolute Gasteiger partial charge is 0.220 e. The fourth-order valence-corrected chi connectivity index (χ4v) is 10.2. The summed E-state index contributed by atoms with van der Waals surface area (Å²) >= 11 is 0. The van der Waals surface area contributed by atoms with E-state index in [0.29, 0.717) is 6.42 Å². The van der Waals surface area contributed by atoms with Gasteiger partial charge in [-0.15, -0.1) is 0 Å². The molecule has 73 heavy (non-hydrogen) atoms. The molecule has 0 spiro atoms. The van der Waals surface area contributed by atoms with E-state index in [1.807, 2.05) is 6.08 Å². The molecule has 1 aliphatic heterocycles. The fourth-order valence-electron chi connectivity index (χ4n) is 10.2. The van der Waals surface area contributed by atoms with Crippen LogP contribution >= 0.6 is 0 Å². The highest BCUT2D eigenvalue weighted by molar-refractivity contribution is 5.76. The molecule has 0 radical (unpaired) electrons. The van der Waals surface area contributed by atoms with Gasteiger partial charge in [0.2, 0.25) is 5.91 Å². The van der Waals surface area contributed by atoms with Crippen LogP contribution in [-0.2, 0) is 14.3 Å². The minimum atomic E-state index is -1.57. The molecule has 7 atom stereocenters. The number of hydrogen-bond donors (Lipinski definition) is 6. The molecule has 7 unspecified atom stereocenters. The Kier molecular flexibility index (Phi) is 51.2. The highest BCUT2D eigenvalue weighted by Gasteiger charge is 2.44. The van der Waals surface area contributed by atoms with Crippen LogP contribution in [0.1, 0.15) is 309 Å². The summed E-state index contributed by atoms with van der Waals surface area (Å²) in [6.07, 6.45) is 63.7. The highest BCUT2D eigenvalue weighted by atomic mass is 16.7. The van der Waals surface area contributed by atoms with Crippen molar-refractivity contribution in [1.82, 2.24) is 5.32 Å². The van der Waals surface area contributed by atoms with Crippen LogP contribution in [0, 0.1) is 0 Å². The quantitative estimate of drug-likeness (QED) is 0.0261. The molecule has 1 heterocycles. The number of rotatable bonds is 55. The van der Waals surface area contributed by atoms with Crippen LogP contribution in [-0.4, -0.2) is 87.5 Å². The fraction of sp³-hybridized carbons (Fsp3) is 0.891. The molecule has 1 rings (SSSR count). The maximum absolute atomic E-state index is 13.1. The van der Waals surface area contributed by atoms with Gasteiger partial charge in [-0.1, -0.05) is 288 Å². The third-order valence-corrected chi connectivity index (χ3v) is 15.2. The van der Waals surface area contributed by atoms with Gasteiger partial charge in [0, 0.05) is 6.42 Å². The number of carbonyl (C=O) groups is 1. The van der Waals surface area contributed by atoms with Crippen molar-refractivity contribution in [3.8, 4) is 0 Å². The third kappa shape index (κ3) is 43.1. The summed E-state index contributed by atoms with van der Waals surface area (Å²) < 4.78 is 11.3. The topological polar surface area (TPSA) is 149 Å². The van der Waals surface area contributed by atoms with Crippen molar-refractivity contribution in [2.45, 2.75) is 352 Å². The number of amides is 1. The Morgan fingerprint density at radius 2 is 0.808 bits per heavy atom. The van der Waals surface area contributed by atoms with Crippen molar-refractivity contribution in [2.24, 2.45) is 0 Å². The Morgan fingerprint density at radius 3 is 1.18 bits per heavy atom. The molecule has 0 aromatic heterocycles. The molecule has 1 fully saturated rings. The number of aliphatic hydroxyl groups excluding tert-OH is 5. The van der Waals surface area contributed by atoms with Crippen LogP contribution < -0.4 is 5.32 Å². The maximum atomic E-state index is 13.1. The molecule has 6 N–H and O–H groups in total. The highest BCUT2D eigenvalue weighted by Crippen LogP contribution is 2.23. The molecule has 0 aromatic rings. The summed E-state index contributed by atoms with van der Waals surface area (Å²) in [7, 11) is 0. The van der Waals surface area contributed by atoms with Crippen LogP contribution in [0.4, 0.5) is 0 Å². The summed E-state index contributed by atoms with van der Waals surface area (Å²) in [5, 5.41) is 54.6. The van der Waals surface area contributed by atoms with E-state index in [9.17, 15) is 30.3 Å². The predicted molar refractivity (Wildman–Crippen MR) is 309 cm³/mol. The minimum Gasteiger partial charge on any atom is -0.394 e. The summed E-state index contributed by atoms with van der Waals surface area (Å²) in [5.41, 5.74) is 0. The van der Waals surface area contributed by atoms with E-state index in [1.54, 1.807) is 6.08 Å². The third-order valence-electron chi connectivity index (χ3n) is 15.2. The Hall–Kier alpha value is -1.59. The molecule has 0 aliphatic carbocycles. The van der Waals surface area contributed by atoms with E-state index < -0.39 is 49.5 Å². The Bertz CT molecular complexity index is 1240. The van der Waals surface area contributed by atoms with E-state index >= 15 is 0 Å². The molecule has 9 heteroatoms. The average Bonchev–Trinajstić information content (AvgIpc) is 3.39. The first-order valence-electron chi connectivity index (χ1n) is 31.7. The van der Waals surface area contributed by atoms with E-state index in [1.165, 1.54) is 244 Å². The van der Waals surface area contributed by atoms with Gasteiger partial charge in [0.05, 0.1) is 25.4 Å². The first-order chi connectivity index (χ1) is 35.8. The van der Waals surface area contributed by atoms with E-state index in [0.717, 1.165) is 44.9 Å². The summed E-state index contributed by atoms with van der Waals surface area (Å²) in [5.74, 6) is -0.172. The molecule has 430 valence electrons. The van der Waals surface area contributed by atoms with Crippen molar-refractivity contribution >= 4 is 5.91 Å². The maximum Gasteiger partial charge on any atom is 0.220 e. The largest absolute Gasteiger partial charge is 0.394 e. The molecular formula is C64H121NO8. The van der Waals surface area contributed by atoms with Gasteiger partial charge in [-0.05, 0) is 51.4 Å². The lowest BCUT2D eigenvalue weighted by molar-refractivity contribution is -0.302. The SMILES string of the molecule is CCCCCCCCCCC/C=C\C/C=C\CCCCCCCCCCCCCCCCCCCC(=O)NC(COC1OC(CO)C(O)C(O)C1O)C(O)/C=C/CCCCCCCCCCCCCCCCC. The molecule has 1 aliphatic rings. The van der Waals surface area contributed by atoms with Crippen LogP contribution in [0.3, 0.4) is 0 Å². The van der Waals surface area contributed by atoms with Gasteiger partial charge in [0.1, 0.15) is 24.4 Å². The lowest BCUT2D eigenvalue weighted by Gasteiger charge is -2.40. The number of ether oxygens (including phenoxy) is 2. The Morgan fingerprint density at radius 1 is 0.466 bits per heavy atom. The zero-order valence-corrected chi connectivity index (χ0v) is 47.9. The van der Waals surface area contributed by atoms with Crippen molar-refractivity contribution in [2.75, 3.05) is 13.2 Å². The van der Waals surface area contributed by atoms with Crippen molar-refractivity contribution < 1.29 is 39.8 Å². The van der Waals surface area contributed by atoms with Gasteiger partial charge in [0.15, 0.2) is 6.29 Å². The van der Waals surface area contributed by atoms with Gasteiger partial charge in [-0.25, -0.2) is 0 Å². The summed E-state index contributed by atoms with van der Waals surface area (Å²) in [4.78, 5) is 13.1. The number of hydrogen-bond acceptors (Lipinski definition) is 8. The van der Waals surface area contributed by atoms with Gasteiger partial charge in [-0.2, -0.15) is 0 Å². The minimum absolute atomic E-state index is 0.172. The molecular weight excluding hydrogens is 911 g/mol. The lowest BCUT2D eigenvalue weighted by Crippen LogP contribution is -2.60. The van der Waals surface area contributed by atoms with Gasteiger partial charge in [-0.3, -0.25) is 4.79 Å². The standard InChI is InChI=1S/C64H121NO8/c1-3-5-7-9-11-13-15-17-19-21-22-23-24-25-26-27-28-29-30-31-32-33-34-35-36-38-40-42-44-46-48-50-52-54-60(68)65-57(56-72-64-63(71)62(70)61(69)59(55-66)73-64)58(67)53-51-49-47-45-43-41-39-37-20-18-16-14-12-10-8-6-4-2/h22-23,25-26,51,53,57-59,61-64,66-67,69-71H,3-21,24,27-50,52,54-56H2,1-2H3,(H,65,68)/b23-22-,26-25-,53-51+. The van der Waals surface area contributed by atoms with Crippen LogP contribution in [0.2, 0.25) is 0 Å². The number of unbranched alkanes of at least 4 members (excludes halogenated alkanes) is 41. The first-order valence-corrected chi connectivity index (χ1v) is 31.7. The number of nitrogens with one attached hydrogen (secondary N) is 1. The molecule has 0 aromatic carbocycles. The van der Waals surface area contributed by atoms with Gasteiger partial charge >= 0.3 is 0 Å². The van der Waals surface area contributed by atoms with Crippen molar-refractivity contribution in [1.29, 1.82) is 0 Å². The number of allylic oxidation sites excluding steroid dienone is 5. The van der Waals surface area contributed by atoms with E-state index in [4.69, 9.17) is 9.47 Å². The molecule has 1 amide bonds. The zero-order valence-electron chi connectivity index (χ0n) is 47.9. The van der Waals surface area contributed by atoms with Crippen LogP contribution in [0.5, 0.6) is 0 Å². The monoisotopic (exact) mass is 1030 g/mol. The lowest BCUT2D eigenvalue weighted by atomic mass is 9.99. The average molecular weight is 1030 g/mol. The second-order valence-corrected chi connectivity index (χ2v) is 22.2.